The zero-order valence-electron chi connectivity index (χ0n) is 11.1. The smallest absolute Gasteiger partial charge is 0.335 e. The van der Waals surface area contributed by atoms with Crippen LogP contribution in [-0.4, -0.2) is 34.0 Å². The van der Waals surface area contributed by atoms with Gasteiger partial charge in [-0.25, -0.2) is 9.18 Å². The lowest BCUT2D eigenvalue weighted by Gasteiger charge is -2.22. The van der Waals surface area contributed by atoms with Gasteiger partial charge in [0.05, 0.1) is 11.1 Å². The van der Waals surface area contributed by atoms with E-state index in [9.17, 15) is 14.0 Å². The van der Waals surface area contributed by atoms with Crippen LogP contribution in [0.3, 0.4) is 0 Å². The molecule has 1 saturated heterocycles. The molecule has 1 amide bonds. The van der Waals surface area contributed by atoms with Crippen LogP contribution < -0.4 is 5.32 Å². The first-order chi connectivity index (χ1) is 9.41. The van der Waals surface area contributed by atoms with Gasteiger partial charge in [-0.15, -0.1) is 0 Å². The predicted molar refractivity (Wildman–Crippen MR) is 75.8 cm³/mol. The highest BCUT2D eigenvalue weighted by atomic mass is 32.2. The van der Waals surface area contributed by atoms with Crippen molar-refractivity contribution in [2.45, 2.75) is 24.5 Å². The Morgan fingerprint density at radius 3 is 2.80 bits per heavy atom. The molecule has 0 bridgehead atoms. The first-order valence-corrected chi connectivity index (χ1v) is 7.35. The topological polar surface area (TPSA) is 66.4 Å². The normalized spacial score (nSPS) is 21.7. The van der Waals surface area contributed by atoms with Gasteiger partial charge in [0.1, 0.15) is 5.82 Å². The number of carbonyl (C=O) groups excluding carboxylic acids is 1. The maximum atomic E-state index is 13.7. The molecule has 1 atom stereocenters. The van der Waals surface area contributed by atoms with Gasteiger partial charge in [0, 0.05) is 11.3 Å². The van der Waals surface area contributed by atoms with Gasteiger partial charge >= 0.3 is 5.97 Å². The highest BCUT2D eigenvalue weighted by Crippen LogP contribution is 2.36. The van der Waals surface area contributed by atoms with E-state index in [1.807, 2.05) is 0 Å². The van der Waals surface area contributed by atoms with Gasteiger partial charge in [-0.3, -0.25) is 4.79 Å². The number of nitrogens with one attached hydrogen (secondary N) is 1. The molecule has 1 aromatic carbocycles. The van der Waals surface area contributed by atoms with E-state index in [0.29, 0.717) is 6.54 Å². The average molecular weight is 297 g/mol. The van der Waals surface area contributed by atoms with Crippen molar-refractivity contribution in [3.05, 3.63) is 35.1 Å². The minimum atomic E-state index is -1.22. The molecule has 0 aromatic heterocycles. The highest BCUT2D eigenvalue weighted by Gasteiger charge is 2.30. The second kappa shape index (κ2) is 5.83. The molecule has 1 unspecified atom stereocenters. The number of aromatic carboxylic acids is 1. The Balaban J connectivity index is 2.04. The van der Waals surface area contributed by atoms with Crippen molar-refractivity contribution in [1.29, 1.82) is 0 Å². The lowest BCUT2D eigenvalue weighted by molar-refractivity contribution is 0.0695. The summed E-state index contributed by atoms with van der Waals surface area (Å²) >= 11 is 1.81. The standard InChI is InChI=1S/C14H16FNO3S/c1-14(5-2-6-20-14)8-16-12(17)10-4-3-9(13(18)19)7-11(10)15/h3-4,7H,2,5-6,8H2,1H3,(H,16,17)(H,18,19). The Bertz CT molecular complexity index is 541. The molecule has 6 heteroatoms. The number of halogens is 1. The SMILES string of the molecule is CC1(CNC(=O)c2ccc(C(=O)O)cc2F)CCCS1. The van der Waals surface area contributed by atoms with Crippen LogP contribution in [-0.2, 0) is 0 Å². The van der Waals surface area contributed by atoms with Gasteiger partial charge < -0.3 is 10.4 Å². The van der Waals surface area contributed by atoms with Crippen molar-refractivity contribution < 1.29 is 19.1 Å². The molecule has 0 saturated carbocycles. The summed E-state index contributed by atoms with van der Waals surface area (Å²) in [5.74, 6) is -1.46. The summed E-state index contributed by atoms with van der Waals surface area (Å²) in [6, 6.07) is 3.30. The number of thioether (sulfide) groups is 1. The maximum Gasteiger partial charge on any atom is 0.335 e. The van der Waals surface area contributed by atoms with Crippen LogP contribution in [0.1, 0.15) is 40.5 Å². The van der Waals surface area contributed by atoms with Crippen LogP contribution in [0, 0.1) is 5.82 Å². The Kier molecular flexibility index (Phi) is 4.32. The molecular weight excluding hydrogens is 281 g/mol. The van der Waals surface area contributed by atoms with E-state index in [1.165, 1.54) is 12.1 Å². The fourth-order valence-corrected chi connectivity index (χ4v) is 3.42. The van der Waals surface area contributed by atoms with E-state index in [0.717, 1.165) is 24.7 Å². The van der Waals surface area contributed by atoms with Gasteiger partial charge in [0.25, 0.3) is 5.91 Å². The first-order valence-electron chi connectivity index (χ1n) is 6.36. The number of carboxylic acid groups (broad SMARTS) is 1. The summed E-state index contributed by atoms with van der Waals surface area (Å²) < 4.78 is 13.7. The largest absolute Gasteiger partial charge is 0.478 e. The summed E-state index contributed by atoms with van der Waals surface area (Å²) in [5, 5.41) is 11.5. The minimum Gasteiger partial charge on any atom is -0.478 e. The number of hydrogen-bond donors (Lipinski definition) is 2. The second-order valence-corrected chi connectivity index (χ2v) is 6.77. The summed E-state index contributed by atoms with van der Waals surface area (Å²) in [6.45, 7) is 2.56. The molecular formula is C14H16FNO3S. The molecule has 2 N–H and O–H groups in total. The van der Waals surface area contributed by atoms with Crippen LogP contribution in [0.5, 0.6) is 0 Å². The van der Waals surface area contributed by atoms with Gasteiger partial charge in [-0.05, 0) is 43.7 Å². The lowest BCUT2D eigenvalue weighted by Crippen LogP contribution is -2.37. The molecule has 0 radical (unpaired) electrons. The van der Waals surface area contributed by atoms with Crippen molar-refractivity contribution in [2.24, 2.45) is 0 Å². The Morgan fingerprint density at radius 2 is 2.25 bits per heavy atom. The Hall–Kier alpha value is -1.56. The Labute approximate surface area is 120 Å². The maximum absolute atomic E-state index is 13.7. The molecule has 2 rings (SSSR count). The van der Waals surface area contributed by atoms with Crippen molar-refractivity contribution in [3.63, 3.8) is 0 Å². The molecule has 1 aliphatic heterocycles. The van der Waals surface area contributed by atoms with Crippen LogP contribution in [0.2, 0.25) is 0 Å². The van der Waals surface area contributed by atoms with Gasteiger partial charge in [-0.2, -0.15) is 11.8 Å². The molecule has 0 spiro atoms. The molecule has 1 aliphatic rings. The highest BCUT2D eigenvalue weighted by molar-refractivity contribution is 8.00. The number of rotatable bonds is 4. The summed E-state index contributed by atoms with van der Waals surface area (Å²) in [4.78, 5) is 22.6. The fraction of sp³-hybridized carbons (Fsp3) is 0.429. The van der Waals surface area contributed by atoms with Crippen LogP contribution >= 0.6 is 11.8 Å². The van der Waals surface area contributed by atoms with Gasteiger partial charge in [-0.1, -0.05) is 0 Å². The summed E-state index contributed by atoms with van der Waals surface area (Å²) in [6.07, 6.45) is 2.15. The lowest BCUT2D eigenvalue weighted by atomic mass is 10.1. The number of carboxylic acids is 1. The fourth-order valence-electron chi connectivity index (χ4n) is 2.17. The van der Waals surface area contributed by atoms with Gasteiger partial charge in [0.15, 0.2) is 0 Å². The quantitative estimate of drug-likeness (QED) is 0.896. The van der Waals surface area contributed by atoms with Crippen molar-refractivity contribution in [2.75, 3.05) is 12.3 Å². The van der Waals surface area contributed by atoms with Crippen molar-refractivity contribution in [1.82, 2.24) is 5.32 Å². The summed E-state index contributed by atoms with van der Waals surface area (Å²) in [5.41, 5.74) is -0.293. The van der Waals surface area contributed by atoms with E-state index in [-0.39, 0.29) is 15.9 Å². The Morgan fingerprint density at radius 1 is 1.50 bits per heavy atom. The predicted octanol–water partition coefficient (Wildman–Crippen LogP) is 2.54. The molecule has 1 heterocycles. The van der Waals surface area contributed by atoms with Crippen LogP contribution in [0.15, 0.2) is 18.2 Å². The number of hydrogen-bond acceptors (Lipinski definition) is 3. The zero-order valence-corrected chi connectivity index (χ0v) is 11.9. The number of amides is 1. The van der Waals surface area contributed by atoms with Gasteiger partial charge in [0.2, 0.25) is 0 Å². The van der Waals surface area contributed by atoms with E-state index >= 15 is 0 Å². The molecule has 0 aliphatic carbocycles. The molecule has 108 valence electrons. The van der Waals surface area contributed by atoms with E-state index in [2.05, 4.69) is 12.2 Å². The third-order valence-electron chi connectivity index (χ3n) is 3.38. The van der Waals surface area contributed by atoms with E-state index in [4.69, 9.17) is 5.11 Å². The van der Waals surface area contributed by atoms with Crippen molar-refractivity contribution in [3.8, 4) is 0 Å². The average Bonchev–Trinajstić information content (AvgIpc) is 2.83. The summed E-state index contributed by atoms with van der Waals surface area (Å²) in [7, 11) is 0. The number of benzene rings is 1. The van der Waals surface area contributed by atoms with E-state index in [1.54, 1.807) is 11.8 Å². The molecule has 4 nitrogen and oxygen atoms in total. The monoisotopic (exact) mass is 297 g/mol. The van der Waals surface area contributed by atoms with Crippen LogP contribution in [0.4, 0.5) is 4.39 Å². The van der Waals surface area contributed by atoms with E-state index < -0.39 is 17.7 Å². The van der Waals surface area contributed by atoms with Crippen LogP contribution in [0.25, 0.3) is 0 Å². The molecule has 20 heavy (non-hydrogen) atoms. The molecule has 1 aromatic rings. The zero-order chi connectivity index (χ0) is 14.8. The minimum absolute atomic E-state index is 0.00708. The third kappa shape index (κ3) is 3.30. The third-order valence-corrected chi connectivity index (χ3v) is 4.92. The second-order valence-electron chi connectivity index (χ2n) is 5.08. The van der Waals surface area contributed by atoms with Crippen molar-refractivity contribution >= 4 is 23.6 Å². The number of carbonyl (C=O) groups is 2. The molecule has 1 fully saturated rings. The first kappa shape index (κ1) is 14.8.